The van der Waals surface area contributed by atoms with Crippen molar-refractivity contribution in [1.29, 1.82) is 0 Å². The van der Waals surface area contributed by atoms with Gasteiger partial charge in [-0.1, -0.05) is 5.16 Å². The van der Waals surface area contributed by atoms with Crippen molar-refractivity contribution in [2.75, 3.05) is 19.5 Å². The van der Waals surface area contributed by atoms with Gasteiger partial charge in [0.15, 0.2) is 5.82 Å². The van der Waals surface area contributed by atoms with Crippen molar-refractivity contribution in [1.82, 2.24) is 15.5 Å². The summed E-state index contributed by atoms with van der Waals surface area (Å²) >= 11 is 1.38. The first-order valence-electron chi connectivity index (χ1n) is 9.32. The normalized spacial score (nSPS) is 20.8. The number of aromatic nitrogens is 2. The Kier molecular flexibility index (Phi) is 6.83. The van der Waals surface area contributed by atoms with Gasteiger partial charge < -0.3 is 30.2 Å². The molecule has 1 aliphatic rings. The molecular formula is C19H24N4O6S. The van der Waals surface area contributed by atoms with Gasteiger partial charge in [0.2, 0.25) is 11.8 Å². The molecule has 0 unspecified atom stereocenters. The van der Waals surface area contributed by atoms with Crippen LogP contribution in [0.1, 0.15) is 45.7 Å². The number of nitrogens with zero attached hydrogens (tertiary/aromatic N) is 2. The molecule has 1 aliphatic heterocycles. The van der Waals surface area contributed by atoms with Crippen molar-refractivity contribution in [2.24, 2.45) is 5.73 Å². The van der Waals surface area contributed by atoms with E-state index in [1.165, 1.54) is 24.9 Å². The van der Waals surface area contributed by atoms with E-state index < -0.39 is 24.0 Å². The molecule has 2 atom stereocenters. The highest BCUT2D eigenvalue weighted by molar-refractivity contribution is 7.98. The summed E-state index contributed by atoms with van der Waals surface area (Å²) in [5, 5.41) is 17.1. The number of rotatable bonds is 2. The number of carbonyl (C=O) groups is 2. The fourth-order valence-electron chi connectivity index (χ4n) is 3.10. The minimum atomic E-state index is -0.880. The van der Waals surface area contributed by atoms with Crippen molar-refractivity contribution in [3.8, 4) is 11.5 Å². The molecule has 0 fully saturated rings. The number of thioether (sulfide) groups is 1. The molecule has 1 aromatic carbocycles. The second kappa shape index (κ2) is 9.35. The van der Waals surface area contributed by atoms with Crippen LogP contribution in [0.4, 0.5) is 0 Å². The Morgan fingerprint density at radius 3 is 2.80 bits per heavy atom. The van der Waals surface area contributed by atoms with Crippen LogP contribution in [0, 0.1) is 13.8 Å². The summed E-state index contributed by atoms with van der Waals surface area (Å²) in [6.45, 7) is 3.35. The summed E-state index contributed by atoms with van der Waals surface area (Å²) in [6.07, 6.45) is 0.130. The topological polar surface area (TPSA) is 150 Å². The molecule has 2 heterocycles. The number of aromatic hydroxyl groups is 1. The van der Waals surface area contributed by atoms with E-state index in [2.05, 4.69) is 15.5 Å². The lowest BCUT2D eigenvalue weighted by Gasteiger charge is -2.18. The number of phenolic OH excluding ortho intramolecular Hbond substituents is 1. The molecule has 30 heavy (non-hydrogen) atoms. The number of carbonyl (C=O) groups excluding carboxylic acids is 2. The van der Waals surface area contributed by atoms with Gasteiger partial charge >= 0.3 is 5.97 Å². The van der Waals surface area contributed by atoms with Gasteiger partial charge in [0.05, 0.1) is 25.3 Å². The standard InChI is InChI=1S/C19H24N4O6S/c1-9-15(27-3)6-14(24)11-7-30-8-13(18-21-10(2)23-29-18)22-17(25)12(20)4-5-28-19(26)16(9)11/h6,12-13,24H,4-5,7-8,20H2,1-3H3,(H,22,25)/t12-,13-/m0/s1. The number of amides is 1. The van der Waals surface area contributed by atoms with E-state index in [0.29, 0.717) is 28.5 Å². The molecule has 0 spiro atoms. The zero-order chi connectivity index (χ0) is 21.8. The number of esters is 1. The van der Waals surface area contributed by atoms with Crippen molar-refractivity contribution >= 4 is 23.6 Å². The monoisotopic (exact) mass is 436 g/mol. The van der Waals surface area contributed by atoms with Gasteiger partial charge in [-0.15, -0.1) is 0 Å². The number of hydrogen-bond donors (Lipinski definition) is 3. The first kappa shape index (κ1) is 21.9. The van der Waals surface area contributed by atoms with Crippen LogP contribution < -0.4 is 15.8 Å². The number of methoxy groups -OCH3 is 1. The number of aryl methyl sites for hydroxylation is 1. The minimum absolute atomic E-state index is 0.0538. The number of benzene rings is 1. The van der Waals surface area contributed by atoms with Crippen LogP contribution in [0.5, 0.6) is 11.5 Å². The van der Waals surface area contributed by atoms with E-state index in [1.807, 2.05) is 0 Å². The lowest BCUT2D eigenvalue weighted by molar-refractivity contribution is -0.123. The molecule has 162 valence electrons. The van der Waals surface area contributed by atoms with Gasteiger partial charge in [0.1, 0.15) is 17.5 Å². The number of nitrogens with one attached hydrogen (secondary N) is 1. The number of ether oxygens (including phenoxy) is 2. The van der Waals surface area contributed by atoms with E-state index in [9.17, 15) is 14.7 Å². The minimum Gasteiger partial charge on any atom is -0.507 e. The predicted octanol–water partition coefficient (Wildman–Crippen LogP) is 1.38. The van der Waals surface area contributed by atoms with Crippen molar-refractivity contribution in [2.45, 2.75) is 38.1 Å². The highest BCUT2D eigenvalue weighted by Crippen LogP contribution is 2.36. The molecule has 1 aromatic heterocycles. The highest BCUT2D eigenvalue weighted by atomic mass is 32.2. The zero-order valence-electron chi connectivity index (χ0n) is 16.9. The molecule has 11 heteroatoms. The Bertz CT molecular complexity index is 947. The van der Waals surface area contributed by atoms with E-state index in [4.69, 9.17) is 19.7 Å². The average molecular weight is 436 g/mol. The zero-order valence-corrected chi connectivity index (χ0v) is 17.7. The van der Waals surface area contributed by atoms with Gasteiger partial charge in [0.25, 0.3) is 0 Å². The molecule has 1 amide bonds. The maximum atomic E-state index is 12.8. The smallest absolute Gasteiger partial charge is 0.338 e. The number of fused-ring (bicyclic) bond motifs is 1. The van der Waals surface area contributed by atoms with Gasteiger partial charge in [-0.2, -0.15) is 16.7 Å². The fourth-order valence-corrected chi connectivity index (χ4v) is 4.18. The number of hydrogen-bond acceptors (Lipinski definition) is 10. The number of phenols is 1. The Morgan fingerprint density at radius 1 is 1.37 bits per heavy atom. The lowest BCUT2D eigenvalue weighted by Crippen LogP contribution is -2.43. The molecule has 10 nitrogen and oxygen atoms in total. The summed E-state index contributed by atoms with van der Waals surface area (Å²) in [4.78, 5) is 29.4. The molecule has 3 rings (SSSR count). The largest absolute Gasteiger partial charge is 0.507 e. The maximum absolute atomic E-state index is 12.8. The molecule has 0 aliphatic carbocycles. The predicted molar refractivity (Wildman–Crippen MR) is 108 cm³/mol. The Balaban J connectivity index is 1.96. The quantitative estimate of drug-likeness (QED) is 0.589. The molecule has 4 N–H and O–H groups in total. The molecule has 0 saturated carbocycles. The third kappa shape index (κ3) is 4.68. The van der Waals surface area contributed by atoms with Crippen molar-refractivity contribution in [3.05, 3.63) is 34.5 Å². The van der Waals surface area contributed by atoms with Gasteiger partial charge in [-0.05, 0) is 13.8 Å². The molecular weight excluding hydrogens is 412 g/mol. The van der Waals surface area contributed by atoms with E-state index in [-0.39, 0.29) is 36.0 Å². The van der Waals surface area contributed by atoms with Crippen LogP contribution in [0.25, 0.3) is 0 Å². The summed E-state index contributed by atoms with van der Waals surface area (Å²) in [6, 6.07) is 0.0165. The second-order valence-corrected chi connectivity index (χ2v) is 7.89. The Labute approximate surface area is 177 Å². The van der Waals surface area contributed by atoms with Crippen LogP contribution in [0.15, 0.2) is 10.6 Å². The summed E-state index contributed by atoms with van der Waals surface area (Å²) in [5.74, 6) is 0.645. The maximum Gasteiger partial charge on any atom is 0.338 e. The SMILES string of the molecule is COc1cc(O)c2c(c1C)C(=O)OCC[C@H](N)C(=O)N[C@H](c1nc(C)no1)CSC2. The first-order chi connectivity index (χ1) is 14.3. The molecule has 0 saturated heterocycles. The van der Waals surface area contributed by atoms with E-state index >= 15 is 0 Å². The van der Waals surface area contributed by atoms with Crippen LogP contribution >= 0.6 is 11.8 Å². The lowest BCUT2D eigenvalue weighted by atomic mass is 10.0. The molecule has 0 bridgehead atoms. The van der Waals surface area contributed by atoms with Gasteiger partial charge in [-0.3, -0.25) is 4.79 Å². The summed E-state index contributed by atoms with van der Waals surface area (Å²) < 4.78 is 15.8. The summed E-state index contributed by atoms with van der Waals surface area (Å²) in [7, 11) is 1.46. The Hall–Kier alpha value is -2.79. The van der Waals surface area contributed by atoms with Crippen LogP contribution in [0.2, 0.25) is 0 Å². The van der Waals surface area contributed by atoms with Crippen LogP contribution in [-0.2, 0) is 15.3 Å². The fraction of sp³-hybridized carbons (Fsp3) is 0.474. The number of nitrogens with two attached hydrogens (primary N) is 1. The molecule has 0 radical (unpaired) electrons. The van der Waals surface area contributed by atoms with Crippen molar-refractivity contribution < 1.29 is 28.7 Å². The third-order valence-corrected chi connectivity index (χ3v) is 5.80. The van der Waals surface area contributed by atoms with E-state index in [1.54, 1.807) is 13.8 Å². The van der Waals surface area contributed by atoms with E-state index in [0.717, 1.165) is 0 Å². The summed E-state index contributed by atoms with van der Waals surface area (Å²) in [5.41, 5.74) is 7.19. The third-order valence-electron chi connectivity index (χ3n) is 4.73. The van der Waals surface area contributed by atoms with Crippen molar-refractivity contribution in [3.63, 3.8) is 0 Å². The Morgan fingerprint density at radius 2 is 2.13 bits per heavy atom. The highest BCUT2D eigenvalue weighted by Gasteiger charge is 2.27. The van der Waals surface area contributed by atoms with Crippen LogP contribution in [-0.4, -0.2) is 52.6 Å². The second-order valence-electron chi connectivity index (χ2n) is 6.86. The van der Waals surface area contributed by atoms with Gasteiger partial charge in [0, 0.05) is 35.1 Å². The van der Waals surface area contributed by atoms with Crippen LogP contribution in [0.3, 0.4) is 0 Å². The molecule has 2 aromatic rings. The van der Waals surface area contributed by atoms with Gasteiger partial charge in [-0.25, -0.2) is 4.79 Å². The first-order valence-corrected chi connectivity index (χ1v) is 10.5. The number of cyclic esters (lactones) is 1. The average Bonchev–Trinajstić information content (AvgIpc) is 3.14.